The summed E-state index contributed by atoms with van der Waals surface area (Å²) < 4.78 is 0. The van der Waals surface area contributed by atoms with E-state index in [4.69, 9.17) is 0 Å². The van der Waals surface area contributed by atoms with Crippen LogP contribution in [0, 0.1) is 17.8 Å². The maximum atomic E-state index is 2.56. The van der Waals surface area contributed by atoms with Crippen molar-refractivity contribution in [2.45, 2.75) is 25.7 Å². The van der Waals surface area contributed by atoms with Gasteiger partial charge in [-0.2, -0.15) is 0 Å². The Morgan fingerprint density at radius 2 is 2.22 bits per heavy atom. The Morgan fingerprint density at radius 1 is 1.22 bits per heavy atom. The third-order valence-corrected chi connectivity index (χ3v) is 3.34. The van der Waals surface area contributed by atoms with Crippen LogP contribution in [0.5, 0.6) is 0 Å². The van der Waals surface area contributed by atoms with Crippen molar-refractivity contribution in [1.82, 2.24) is 0 Å². The second-order valence-corrected chi connectivity index (χ2v) is 3.98. The molecule has 0 heteroatoms. The number of hydrogen-bond acceptors (Lipinski definition) is 0. The molecule has 3 atom stereocenters. The van der Waals surface area contributed by atoms with Crippen molar-refractivity contribution in [2.24, 2.45) is 17.8 Å². The van der Waals surface area contributed by atoms with Crippen LogP contribution in [0.3, 0.4) is 0 Å². The largest absolute Gasteiger partial charge is 0.0819 e. The highest BCUT2D eigenvalue weighted by Gasteiger charge is 2.41. The van der Waals surface area contributed by atoms with Gasteiger partial charge in [-0.1, -0.05) is 11.6 Å². The number of allylic oxidation sites excluding steroid dienone is 2. The summed E-state index contributed by atoms with van der Waals surface area (Å²) >= 11 is 0. The third-order valence-electron chi connectivity index (χ3n) is 3.34. The van der Waals surface area contributed by atoms with Gasteiger partial charge in [-0.3, -0.25) is 0 Å². The lowest BCUT2D eigenvalue weighted by molar-refractivity contribution is 0.320. The van der Waals surface area contributed by atoms with Gasteiger partial charge in [0.2, 0.25) is 0 Å². The standard InChI is InChI=1S/C9H12/c1-6-2-8-4-7(1)5-9(8)3-6/h2,6-7,9H,1,3-5H2/t6-,7+,9-/m1/s1. The summed E-state index contributed by atoms with van der Waals surface area (Å²) in [6, 6.07) is 0. The minimum atomic E-state index is 1.03. The molecule has 4 rings (SSSR count). The second-order valence-electron chi connectivity index (χ2n) is 3.98. The van der Waals surface area contributed by atoms with E-state index in [1.54, 1.807) is 6.42 Å². The monoisotopic (exact) mass is 120 g/mol. The third kappa shape index (κ3) is 0.452. The highest BCUT2D eigenvalue weighted by Crippen LogP contribution is 2.53. The van der Waals surface area contributed by atoms with Crippen LogP contribution in [0.1, 0.15) is 25.7 Å². The van der Waals surface area contributed by atoms with E-state index in [2.05, 4.69) is 6.08 Å². The van der Waals surface area contributed by atoms with Gasteiger partial charge in [0, 0.05) is 0 Å². The van der Waals surface area contributed by atoms with Gasteiger partial charge < -0.3 is 0 Å². The molecule has 4 bridgehead atoms. The average Bonchev–Trinajstić information content (AvgIpc) is 2.20. The predicted molar refractivity (Wildman–Crippen MR) is 37.0 cm³/mol. The molecule has 2 saturated carbocycles. The van der Waals surface area contributed by atoms with Crippen molar-refractivity contribution < 1.29 is 0 Å². The Bertz CT molecular complexity index is 176. The lowest BCUT2D eigenvalue weighted by atomic mass is 9.84. The molecule has 0 nitrogen and oxygen atoms in total. The predicted octanol–water partition coefficient (Wildman–Crippen LogP) is 2.36. The molecule has 0 saturated heterocycles. The number of hydrogen-bond donors (Lipinski definition) is 0. The van der Waals surface area contributed by atoms with E-state index >= 15 is 0 Å². The minimum absolute atomic E-state index is 1.03. The smallest absolute Gasteiger partial charge is 0.0195 e. The zero-order chi connectivity index (χ0) is 5.84. The molecule has 9 heavy (non-hydrogen) atoms. The van der Waals surface area contributed by atoms with E-state index in [1.807, 2.05) is 5.57 Å². The lowest BCUT2D eigenvalue weighted by Gasteiger charge is -2.21. The quantitative estimate of drug-likeness (QED) is 0.430. The molecular weight excluding hydrogens is 108 g/mol. The Morgan fingerprint density at radius 3 is 2.89 bits per heavy atom. The fourth-order valence-corrected chi connectivity index (χ4v) is 3.10. The Kier molecular flexibility index (Phi) is 0.633. The van der Waals surface area contributed by atoms with Gasteiger partial charge >= 0.3 is 0 Å². The topological polar surface area (TPSA) is 0 Å². The van der Waals surface area contributed by atoms with Crippen LogP contribution in [-0.4, -0.2) is 0 Å². The first-order valence-corrected chi connectivity index (χ1v) is 4.12. The molecule has 48 valence electrons. The van der Waals surface area contributed by atoms with Crippen LogP contribution in [0.25, 0.3) is 0 Å². The van der Waals surface area contributed by atoms with Gasteiger partial charge in [-0.15, -0.1) is 0 Å². The van der Waals surface area contributed by atoms with Crippen molar-refractivity contribution in [2.75, 3.05) is 0 Å². The molecule has 0 aromatic carbocycles. The van der Waals surface area contributed by atoms with Gasteiger partial charge in [-0.25, -0.2) is 0 Å². The van der Waals surface area contributed by atoms with Crippen molar-refractivity contribution >= 4 is 0 Å². The van der Waals surface area contributed by atoms with Gasteiger partial charge in [0.05, 0.1) is 0 Å². The van der Waals surface area contributed by atoms with E-state index < -0.39 is 0 Å². The van der Waals surface area contributed by atoms with Crippen LogP contribution >= 0.6 is 0 Å². The average molecular weight is 120 g/mol. The maximum Gasteiger partial charge on any atom is -0.0195 e. The van der Waals surface area contributed by atoms with Gasteiger partial charge in [0.1, 0.15) is 0 Å². The first-order chi connectivity index (χ1) is 4.42. The van der Waals surface area contributed by atoms with E-state index in [0.29, 0.717) is 0 Å². The lowest BCUT2D eigenvalue weighted by Crippen LogP contribution is -2.10. The van der Waals surface area contributed by atoms with Crippen LogP contribution in [0.4, 0.5) is 0 Å². The molecular formula is C9H12. The molecule has 0 aromatic heterocycles. The molecule has 0 spiro atoms. The molecule has 0 aliphatic heterocycles. The molecule has 4 aliphatic carbocycles. The van der Waals surface area contributed by atoms with Crippen LogP contribution < -0.4 is 0 Å². The SMILES string of the molecule is C1=C2C[C@@H]3C[C@H]1C[C@@H]2C3. The molecule has 0 heterocycles. The molecule has 0 aromatic rings. The maximum absolute atomic E-state index is 2.56. The molecule has 0 radical (unpaired) electrons. The fourth-order valence-electron chi connectivity index (χ4n) is 3.10. The van der Waals surface area contributed by atoms with Crippen LogP contribution in [0.2, 0.25) is 0 Å². The first kappa shape index (κ1) is 4.54. The molecule has 0 unspecified atom stereocenters. The molecule has 4 aliphatic rings. The fraction of sp³-hybridized carbons (Fsp3) is 0.778. The van der Waals surface area contributed by atoms with Crippen molar-refractivity contribution in [3.63, 3.8) is 0 Å². The second kappa shape index (κ2) is 1.25. The highest BCUT2D eigenvalue weighted by atomic mass is 14.5. The summed E-state index contributed by atoms with van der Waals surface area (Å²) in [5.74, 6) is 3.21. The summed E-state index contributed by atoms with van der Waals surface area (Å²) in [4.78, 5) is 0. The Balaban J connectivity index is 2.13. The number of rotatable bonds is 0. The van der Waals surface area contributed by atoms with Gasteiger partial charge in [0.25, 0.3) is 0 Å². The van der Waals surface area contributed by atoms with Crippen molar-refractivity contribution in [1.29, 1.82) is 0 Å². The Hall–Kier alpha value is -0.260. The van der Waals surface area contributed by atoms with E-state index in [1.165, 1.54) is 19.3 Å². The van der Waals surface area contributed by atoms with Gasteiger partial charge in [0.15, 0.2) is 0 Å². The van der Waals surface area contributed by atoms with Crippen molar-refractivity contribution in [3.05, 3.63) is 11.6 Å². The van der Waals surface area contributed by atoms with E-state index in [-0.39, 0.29) is 0 Å². The summed E-state index contributed by atoms with van der Waals surface area (Å²) in [5.41, 5.74) is 1.83. The minimum Gasteiger partial charge on any atom is -0.0819 e. The van der Waals surface area contributed by atoms with E-state index in [9.17, 15) is 0 Å². The Labute approximate surface area is 56.0 Å². The van der Waals surface area contributed by atoms with Crippen LogP contribution in [-0.2, 0) is 0 Å². The van der Waals surface area contributed by atoms with Crippen molar-refractivity contribution in [3.8, 4) is 0 Å². The first-order valence-electron chi connectivity index (χ1n) is 4.12. The summed E-state index contributed by atoms with van der Waals surface area (Å²) in [6.07, 6.45) is 8.63. The summed E-state index contributed by atoms with van der Waals surface area (Å²) in [7, 11) is 0. The molecule has 0 amide bonds. The highest BCUT2D eigenvalue weighted by molar-refractivity contribution is 5.24. The summed E-state index contributed by atoms with van der Waals surface area (Å²) in [5, 5.41) is 0. The van der Waals surface area contributed by atoms with Gasteiger partial charge in [-0.05, 0) is 43.4 Å². The molecule has 2 fully saturated rings. The van der Waals surface area contributed by atoms with E-state index in [0.717, 1.165) is 17.8 Å². The summed E-state index contributed by atoms with van der Waals surface area (Å²) in [6.45, 7) is 0. The van der Waals surface area contributed by atoms with Crippen LogP contribution in [0.15, 0.2) is 11.6 Å². The molecule has 0 N–H and O–H groups in total. The zero-order valence-corrected chi connectivity index (χ0v) is 5.64. The zero-order valence-electron chi connectivity index (χ0n) is 5.64. The normalized spacial score (nSPS) is 52.4.